The topological polar surface area (TPSA) is 56.8 Å². The van der Waals surface area contributed by atoms with Crippen LogP contribution in [0, 0.1) is 0 Å². The summed E-state index contributed by atoms with van der Waals surface area (Å²) in [5.41, 5.74) is 2.45. The molecule has 172 valence electrons. The summed E-state index contributed by atoms with van der Waals surface area (Å²) >= 11 is 0. The highest BCUT2D eigenvalue weighted by Gasteiger charge is 2.07. The zero-order valence-corrected chi connectivity index (χ0v) is 18.9. The molecule has 0 aliphatic heterocycles. The van der Waals surface area contributed by atoms with E-state index < -0.39 is 0 Å². The summed E-state index contributed by atoms with van der Waals surface area (Å²) in [6, 6.07) is 34.2. The number of hydrogen-bond donors (Lipinski definition) is 1. The van der Waals surface area contributed by atoms with Crippen molar-refractivity contribution in [2.75, 3.05) is 25.1 Å². The summed E-state index contributed by atoms with van der Waals surface area (Å²) in [7, 11) is 0. The van der Waals surface area contributed by atoms with Gasteiger partial charge in [0.15, 0.2) is 0 Å². The predicted molar refractivity (Wildman–Crippen MR) is 134 cm³/mol. The minimum atomic E-state index is -0.194. The van der Waals surface area contributed by atoms with Crippen LogP contribution in [0.4, 0.5) is 5.69 Å². The molecule has 0 saturated heterocycles. The first-order valence-corrected chi connectivity index (χ1v) is 11.3. The number of nitrogens with one attached hydrogen (secondary N) is 1. The maximum atomic E-state index is 12.6. The van der Waals surface area contributed by atoms with Crippen molar-refractivity contribution in [1.82, 2.24) is 0 Å². The van der Waals surface area contributed by atoms with Crippen LogP contribution in [0.15, 0.2) is 109 Å². The Morgan fingerprint density at radius 2 is 1.18 bits per heavy atom. The molecular weight excluding hydrogens is 426 g/mol. The molecule has 5 nitrogen and oxygen atoms in total. The molecule has 4 aromatic rings. The van der Waals surface area contributed by atoms with Crippen LogP contribution in [0.3, 0.4) is 0 Å². The third-order valence-electron chi connectivity index (χ3n) is 5.07. The van der Waals surface area contributed by atoms with Crippen molar-refractivity contribution in [2.24, 2.45) is 0 Å². The summed E-state index contributed by atoms with van der Waals surface area (Å²) in [5.74, 6) is 2.01. The summed E-state index contributed by atoms with van der Waals surface area (Å²) in [6.07, 6.45) is 0.833. The Bertz CT molecular complexity index is 1160. The van der Waals surface area contributed by atoms with Gasteiger partial charge in [-0.3, -0.25) is 4.79 Å². The van der Waals surface area contributed by atoms with Gasteiger partial charge in [-0.1, -0.05) is 54.6 Å². The van der Waals surface area contributed by atoms with Gasteiger partial charge in [-0.2, -0.15) is 0 Å². The van der Waals surface area contributed by atoms with Crippen LogP contribution in [-0.4, -0.2) is 25.7 Å². The van der Waals surface area contributed by atoms with Crippen molar-refractivity contribution in [3.63, 3.8) is 0 Å². The normalized spacial score (nSPS) is 10.4. The molecule has 0 heterocycles. The minimum Gasteiger partial charge on any atom is -0.493 e. The number of carbonyl (C=O) groups excluding carboxylic acids is 1. The fourth-order valence-electron chi connectivity index (χ4n) is 3.34. The molecule has 1 amide bonds. The Kier molecular flexibility index (Phi) is 8.17. The first-order chi connectivity index (χ1) is 16.8. The molecular formula is C29H27NO4. The van der Waals surface area contributed by atoms with E-state index in [4.69, 9.17) is 14.2 Å². The molecule has 0 aliphatic carbocycles. The quantitative estimate of drug-likeness (QED) is 0.282. The van der Waals surface area contributed by atoms with E-state index in [1.54, 1.807) is 18.2 Å². The smallest absolute Gasteiger partial charge is 0.255 e. The van der Waals surface area contributed by atoms with Gasteiger partial charge in [-0.05, 0) is 54.1 Å². The van der Waals surface area contributed by atoms with E-state index in [0.29, 0.717) is 36.8 Å². The molecule has 1 N–H and O–H groups in total. The maximum Gasteiger partial charge on any atom is 0.255 e. The monoisotopic (exact) mass is 453 g/mol. The lowest BCUT2D eigenvalue weighted by atomic mass is 10.1. The Hall–Kier alpha value is -4.25. The van der Waals surface area contributed by atoms with Gasteiger partial charge < -0.3 is 19.5 Å². The number of amides is 1. The van der Waals surface area contributed by atoms with E-state index in [-0.39, 0.29) is 5.91 Å². The summed E-state index contributed by atoms with van der Waals surface area (Å²) < 4.78 is 17.2. The lowest BCUT2D eigenvalue weighted by Crippen LogP contribution is -2.12. The molecule has 0 aliphatic rings. The van der Waals surface area contributed by atoms with Crippen LogP contribution >= 0.6 is 0 Å². The molecule has 0 bridgehead atoms. The lowest BCUT2D eigenvalue weighted by Gasteiger charge is -2.11. The third-order valence-corrected chi connectivity index (χ3v) is 5.07. The molecule has 0 unspecified atom stereocenters. The van der Waals surface area contributed by atoms with Crippen LogP contribution in [0.2, 0.25) is 0 Å². The van der Waals surface area contributed by atoms with Crippen molar-refractivity contribution in [1.29, 1.82) is 0 Å². The van der Waals surface area contributed by atoms with Crippen molar-refractivity contribution >= 4 is 11.6 Å². The van der Waals surface area contributed by atoms with Crippen LogP contribution < -0.4 is 19.5 Å². The predicted octanol–water partition coefficient (Wildman–Crippen LogP) is 6.02. The molecule has 0 saturated carbocycles. The second-order valence-electron chi connectivity index (χ2n) is 7.60. The summed E-state index contributed by atoms with van der Waals surface area (Å²) in [6.45, 7) is 1.41. The molecule has 4 aromatic carbocycles. The van der Waals surface area contributed by atoms with E-state index >= 15 is 0 Å². The molecule has 4 rings (SSSR count). The SMILES string of the molecule is O=C(Nc1cccc(OCCOc2ccccc2)c1)c1ccc(OCCc2ccccc2)cc1. The Morgan fingerprint density at radius 1 is 0.588 bits per heavy atom. The van der Waals surface area contributed by atoms with E-state index in [1.807, 2.05) is 78.9 Å². The standard InChI is InChI=1S/C29H27NO4/c31-29(24-14-16-27(17-15-24)32-19-18-23-8-3-1-4-9-23)30-25-10-7-13-28(22-25)34-21-20-33-26-11-5-2-6-12-26/h1-17,22H,18-21H2,(H,30,31). The number of para-hydroxylation sites is 1. The fourth-order valence-corrected chi connectivity index (χ4v) is 3.34. The van der Waals surface area contributed by atoms with E-state index in [2.05, 4.69) is 17.4 Å². The Balaban J connectivity index is 1.22. The van der Waals surface area contributed by atoms with Gasteiger partial charge in [-0.25, -0.2) is 0 Å². The molecule has 5 heteroatoms. The van der Waals surface area contributed by atoms with Gasteiger partial charge in [0.2, 0.25) is 0 Å². The maximum absolute atomic E-state index is 12.6. The number of hydrogen-bond acceptors (Lipinski definition) is 4. The highest BCUT2D eigenvalue weighted by atomic mass is 16.5. The number of benzene rings is 4. The molecule has 0 fully saturated rings. The van der Waals surface area contributed by atoms with Crippen molar-refractivity contribution in [2.45, 2.75) is 6.42 Å². The largest absolute Gasteiger partial charge is 0.493 e. The van der Waals surface area contributed by atoms with Gasteiger partial charge in [0.05, 0.1) is 6.61 Å². The van der Waals surface area contributed by atoms with Gasteiger partial charge >= 0.3 is 0 Å². The van der Waals surface area contributed by atoms with Crippen molar-refractivity contribution in [3.05, 3.63) is 120 Å². The van der Waals surface area contributed by atoms with E-state index in [1.165, 1.54) is 5.56 Å². The first-order valence-electron chi connectivity index (χ1n) is 11.3. The number of carbonyl (C=O) groups is 1. The summed E-state index contributed by atoms with van der Waals surface area (Å²) in [4.78, 5) is 12.6. The second-order valence-corrected chi connectivity index (χ2v) is 7.60. The average molecular weight is 454 g/mol. The molecule has 0 aromatic heterocycles. The zero-order chi connectivity index (χ0) is 23.4. The van der Waals surface area contributed by atoms with Gasteiger partial charge in [0, 0.05) is 23.7 Å². The third kappa shape index (κ3) is 7.14. The van der Waals surface area contributed by atoms with Crippen molar-refractivity contribution in [3.8, 4) is 17.2 Å². The molecule has 0 radical (unpaired) electrons. The van der Waals surface area contributed by atoms with Crippen molar-refractivity contribution < 1.29 is 19.0 Å². The first kappa shape index (κ1) is 22.9. The number of ether oxygens (including phenoxy) is 3. The second kappa shape index (κ2) is 12.1. The number of anilines is 1. The van der Waals surface area contributed by atoms with Gasteiger partial charge in [0.1, 0.15) is 30.5 Å². The highest BCUT2D eigenvalue weighted by molar-refractivity contribution is 6.04. The Morgan fingerprint density at radius 3 is 1.91 bits per heavy atom. The highest BCUT2D eigenvalue weighted by Crippen LogP contribution is 2.19. The minimum absolute atomic E-state index is 0.194. The van der Waals surface area contributed by atoms with Gasteiger partial charge in [-0.15, -0.1) is 0 Å². The van der Waals surface area contributed by atoms with Crippen LogP contribution in [-0.2, 0) is 6.42 Å². The fraction of sp³-hybridized carbons (Fsp3) is 0.138. The lowest BCUT2D eigenvalue weighted by molar-refractivity contribution is 0.102. The molecule has 34 heavy (non-hydrogen) atoms. The van der Waals surface area contributed by atoms with Crippen LogP contribution in [0.5, 0.6) is 17.2 Å². The molecule has 0 atom stereocenters. The summed E-state index contributed by atoms with van der Waals surface area (Å²) in [5, 5.41) is 2.91. The Labute approximate surface area is 199 Å². The molecule has 0 spiro atoms. The number of rotatable bonds is 11. The van der Waals surface area contributed by atoms with Gasteiger partial charge in [0.25, 0.3) is 5.91 Å². The average Bonchev–Trinajstić information content (AvgIpc) is 2.88. The van der Waals surface area contributed by atoms with E-state index in [9.17, 15) is 4.79 Å². The zero-order valence-electron chi connectivity index (χ0n) is 18.9. The van der Waals surface area contributed by atoms with E-state index in [0.717, 1.165) is 17.9 Å². The van der Waals surface area contributed by atoms with Crippen LogP contribution in [0.25, 0.3) is 0 Å². The van der Waals surface area contributed by atoms with Crippen LogP contribution in [0.1, 0.15) is 15.9 Å².